The average Bonchev–Trinajstić information content (AvgIpc) is 3.09. The maximum atomic E-state index is 13.1. The number of halogens is 2. The van der Waals surface area contributed by atoms with Gasteiger partial charge in [-0.15, -0.1) is 5.10 Å². The quantitative estimate of drug-likeness (QED) is 0.621. The molecule has 4 rings (SSSR count). The van der Waals surface area contributed by atoms with Gasteiger partial charge in [0.1, 0.15) is 5.82 Å². The predicted octanol–water partition coefficient (Wildman–Crippen LogP) is 3.44. The van der Waals surface area contributed by atoms with Gasteiger partial charge < -0.3 is 9.80 Å². The molecular formula is C20H19BrFN5O. The highest BCUT2D eigenvalue weighted by Gasteiger charge is 2.26. The Bertz CT molecular complexity index is 996. The summed E-state index contributed by atoms with van der Waals surface area (Å²) in [6.45, 7) is 4.40. The van der Waals surface area contributed by atoms with Gasteiger partial charge in [0.2, 0.25) is 0 Å². The minimum atomic E-state index is -0.249. The highest BCUT2D eigenvalue weighted by Crippen LogP contribution is 2.20. The Morgan fingerprint density at radius 3 is 2.43 bits per heavy atom. The van der Waals surface area contributed by atoms with Crippen LogP contribution in [0.1, 0.15) is 16.2 Å². The van der Waals surface area contributed by atoms with Crippen molar-refractivity contribution in [3.8, 4) is 5.69 Å². The number of aromatic nitrogens is 3. The van der Waals surface area contributed by atoms with E-state index in [-0.39, 0.29) is 11.7 Å². The third-order valence-electron chi connectivity index (χ3n) is 4.91. The van der Waals surface area contributed by atoms with Crippen LogP contribution >= 0.6 is 15.9 Å². The Hall–Kier alpha value is -2.74. The molecule has 1 amide bonds. The number of hydrogen-bond donors (Lipinski definition) is 0. The van der Waals surface area contributed by atoms with Crippen LogP contribution in [0.2, 0.25) is 0 Å². The monoisotopic (exact) mass is 443 g/mol. The van der Waals surface area contributed by atoms with Crippen molar-refractivity contribution in [2.45, 2.75) is 6.92 Å². The maximum absolute atomic E-state index is 13.1. The van der Waals surface area contributed by atoms with E-state index in [1.54, 1.807) is 21.7 Å². The lowest BCUT2D eigenvalue weighted by Crippen LogP contribution is -2.49. The van der Waals surface area contributed by atoms with E-state index in [0.717, 1.165) is 15.8 Å². The van der Waals surface area contributed by atoms with Crippen LogP contribution in [0.15, 0.2) is 53.0 Å². The number of anilines is 1. The van der Waals surface area contributed by atoms with Gasteiger partial charge >= 0.3 is 0 Å². The van der Waals surface area contributed by atoms with Crippen LogP contribution < -0.4 is 4.90 Å². The van der Waals surface area contributed by atoms with Gasteiger partial charge in [-0.1, -0.05) is 27.2 Å². The van der Waals surface area contributed by atoms with E-state index < -0.39 is 0 Å². The van der Waals surface area contributed by atoms with E-state index in [2.05, 4.69) is 31.1 Å². The molecule has 0 unspecified atom stereocenters. The Kier molecular flexibility index (Phi) is 5.13. The molecule has 144 valence electrons. The highest BCUT2D eigenvalue weighted by atomic mass is 79.9. The van der Waals surface area contributed by atoms with Crippen LogP contribution in [0.25, 0.3) is 5.69 Å². The number of piperazine rings is 1. The largest absolute Gasteiger partial charge is 0.368 e. The zero-order valence-electron chi connectivity index (χ0n) is 15.3. The van der Waals surface area contributed by atoms with Gasteiger partial charge in [0.25, 0.3) is 5.91 Å². The molecule has 0 spiro atoms. The second-order valence-corrected chi connectivity index (χ2v) is 7.59. The Morgan fingerprint density at radius 2 is 1.75 bits per heavy atom. The molecule has 0 radical (unpaired) electrons. The van der Waals surface area contributed by atoms with Crippen LogP contribution in [0.5, 0.6) is 0 Å². The van der Waals surface area contributed by atoms with Crippen molar-refractivity contribution in [3.05, 3.63) is 70.2 Å². The SMILES string of the molecule is Cc1c(C(=O)N2CCN(c3ccc(F)cc3)CC2)nnn1-c1cccc(Br)c1. The van der Waals surface area contributed by atoms with Crippen LogP contribution in [-0.4, -0.2) is 52.0 Å². The lowest BCUT2D eigenvalue weighted by molar-refractivity contribution is 0.0740. The molecule has 6 nitrogen and oxygen atoms in total. The number of hydrogen-bond acceptors (Lipinski definition) is 4. The van der Waals surface area contributed by atoms with E-state index in [0.29, 0.717) is 37.6 Å². The van der Waals surface area contributed by atoms with Crippen molar-refractivity contribution in [3.63, 3.8) is 0 Å². The standard InChI is InChI=1S/C20H19BrFN5O/c1-14-19(23-24-27(14)18-4-2-3-15(21)13-18)20(28)26-11-9-25(10-12-26)17-7-5-16(22)6-8-17/h2-8,13H,9-12H2,1H3. The zero-order valence-corrected chi connectivity index (χ0v) is 16.9. The maximum Gasteiger partial charge on any atom is 0.276 e. The van der Waals surface area contributed by atoms with Crippen molar-refractivity contribution in [2.24, 2.45) is 0 Å². The molecular weight excluding hydrogens is 425 g/mol. The molecule has 0 aliphatic carbocycles. The van der Waals surface area contributed by atoms with Gasteiger partial charge in [0, 0.05) is 36.3 Å². The number of carbonyl (C=O) groups is 1. The number of nitrogens with zero attached hydrogens (tertiary/aromatic N) is 5. The van der Waals surface area contributed by atoms with Crippen LogP contribution in [0.4, 0.5) is 10.1 Å². The highest BCUT2D eigenvalue weighted by molar-refractivity contribution is 9.10. The average molecular weight is 444 g/mol. The lowest BCUT2D eigenvalue weighted by Gasteiger charge is -2.35. The predicted molar refractivity (Wildman–Crippen MR) is 108 cm³/mol. The molecule has 1 fully saturated rings. The number of amides is 1. The van der Waals surface area contributed by atoms with E-state index in [4.69, 9.17) is 0 Å². The number of benzene rings is 2. The summed E-state index contributed by atoms with van der Waals surface area (Å²) in [5.41, 5.74) is 2.89. The van der Waals surface area contributed by atoms with Crippen LogP contribution in [0, 0.1) is 12.7 Å². The van der Waals surface area contributed by atoms with E-state index in [1.807, 2.05) is 31.2 Å². The summed E-state index contributed by atoms with van der Waals surface area (Å²) in [6.07, 6.45) is 0. The second kappa shape index (κ2) is 7.71. The molecule has 1 aromatic heterocycles. The second-order valence-electron chi connectivity index (χ2n) is 6.67. The van der Waals surface area contributed by atoms with Crippen molar-refractivity contribution in [2.75, 3.05) is 31.1 Å². The first-order valence-electron chi connectivity index (χ1n) is 9.01. The Morgan fingerprint density at radius 1 is 1.04 bits per heavy atom. The number of rotatable bonds is 3. The first-order valence-corrected chi connectivity index (χ1v) is 9.80. The van der Waals surface area contributed by atoms with E-state index in [1.165, 1.54) is 12.1 Å². The Labute approximate surface area is 170 Å². The molecule has 3 aromatic rings. The first kappa shape index (κ1) is 18.6. The van der Waals surface area contributed by atoms with Crippen molar-refractivity contribution in [1.82, 2.24) is 19.9 Å². The Balaban J connectivity index is 1.46. The fourth-order valence-corrected chi connectivity index (χ4v) is 3.74. The molecule has 2 aromatic carbocycles. The van der Waals surface area contributed by atoms with Gasteiger partial charge in [-0.3, -0.25) is 4.79 Å². The summed E-state index contributed by atoms with van der Waals surface area (Å²) in [6, 6.07) is 14.1. The fraction of sp³-hybridized carbons (Fsp3) is 0.250. The minimum absolute atomic E-state index is 0.113. The molecule has 8 heteroatoms. The molecule has 1 aliphatic rings. The topological polar surface area (TPSA) is 54.3 Å². The van der Waals surface area contributed by atoms with Crippen LogP contribution in [-0.2, 0) is 0 Å². The summed E-state index contributed by atoms with van der Waals surface area (Å²) >= 11 is 3.45. The summed E-state index contributed by atoms with van der Waals surface area (Å²) in [4.78, 5) is 16.9. The summed E-state index contributed by atoms with van der Waals surface area (Å²) < 4.78 is 15.7. The molecule has 0 N–H and O–H groups in total. The smallest absolute Gasteiger partial charge is 0.276 e. The molecule has 28 heavy (non-hydrogen) atoms. The zero-order chi connectivity index (χ0) is 19.7. The van der Waals surface area contributed by atoms with Gasteiger partial charge in [-0.25, -0.2) is 9.07 Å². The molecule has 0 saturated carbocycles. The van der Waals surface area contributed by atoms with Crippen molar-refractivity contribution < 1.29 is 9.18 Å². The van der Waals surface area contributed by atoms with Crippen LogP contribution in [0.3, 0.4) is 0 Å². The molecule has 0 atom stereocenters. The van der Waals surface area contributed by atoms with Gasteiger partial charge in [-0.2, -0.15) is 0 Å². The summed E-state index contributed by atoms with van der Waals surface area (Å²) in [5.74, 6) is -0.362. The molecule has 1 saturated heterocycles. The third-order valence-corrected chi connectivity index (χ3v) is 5.40. The van der Waals surface area contributed by atoms with Gasteiger partial charge in [-0.05, 0) is 49.4 Å². The molecule has 2 heterocycles. The minimum Gasteiger partial charge on any atom is -0.368 e. The van der Waals surface area contributed by atoms with Gasteiger partial charge in [0.05, 0.1) is 11.4 Å². The van der Waals surface area contributed by atoms with E-state index in [9.17, 15) is 9.18 Å². The van der Waals surface area contributed by atoms with Gasteiger partial charge in [0.15, 0.2) is 5.69 Å². The van der Waals surface area contributed by atoms with Crippen molar-refractivity contribution in [1.29, 1.82) is 0 Å². The van der Waals surface area contributed by atoms with E-state index >= 15 is 0 Å². The molecule has 1 aliphatic heterocycles. The normalized spacial score (nSPS) is 14.4. The molecule has 0 bridgehead atoms. The summed E-state index contributed by atoms with van der Waals surface area (Å²) in [5, 5.41) is 8.30. The van der Waals surface area contributed by atoms with Crippen molar-refractivity contribution >= 4 is 27.5 Å². The third kappa shape index (κ3) is 3.64. The first-order chi connectivity index (χ1) is 13.5. The fourth-order valence-electron chi connectivity index (χ4n) is 3.35. The lowest BCUT2D eigenvalue weighted by atomic mass is 10.2. The number of carbonyl (C=O) groups excluding carboxylic acids is 1. The summed E-state index contributed by atoms with van der Waals surface area (Å²) in [7, 11) is 0.